The molecular weight excluding hydrogens is 254 g/mol. The molecule has 1 heterocycles. The van der Waals surface area contributed by atoms with Gasteiger partial charge in [-0.05, 0) is 43.3 Å². The number of hydrogen-bond donors (Lipinski definition) is 2. The smallest absolute Gasteiger partial charge is 0.371 e. The highest BCUT2D eigenvalue weighted by molar-refractivity contribution is 6.30. The van der Waals surface area contributed by atoms with Gasteiger partial charge in [0.1, 0.15) is 5.76 Å². The zero-order valence-electron chi connectivity index (χ0n) is 9.68. The molecule has 18 heavy (non-hydrogen) atoms. The zero-order valence-corrected chi connectivity index (χ0v) is 10.4. The van der Waals surface area contributed by atoms with E-state index in [0.717, 1.165) is 5.69 Å². The van der Waals surface area contributed by atoms with Crippen molar-refractivity contribution in [3.8, 4) is 0 Å². The SMILES string of the molecule is CC(Nc1ccc(Cl)cc1)c1ccc(C(=O)O)o1. The normalized spacial score (nSPS) is 12.1. The summed E-state index contributed by atoms with van der Waals surface area (Å²) in [7, 11) is 0. The minimum atomic E-state index is -1.07. The summed E-state index contributed by atoms with van der Waals surface area (Å²) in [6.45, 7) is 1.89. The van der Waals surface area contributed by atoms with Crippen molar-refractivity contribution in [3.05, 3.63) is 52.9 Å². The van der Waals surface area contributed by atoms with Crippen LogP contribution in [-0.4, -0.2) is 11.1 Å². The summed E-state index contributed by atoms with van der Waals surface area (Å²) >= 11 is 5.79. The number of rotatable bonds is 4. The molecule has 0 aliphatic carbocycles. The van der Waals surface area contributed by atoms with Gasteiger partial charge < -0.3 is 14.8 Å². The molecule has 4 nitrogen and oxygen atoms in total. The van der Waals surface area contributed by atoms with Crippen LogP contribution in [0.25, 0.3) is 0 Å². The minimum Gasteiger partial charge on any atom is -0.475 e. The average Bonchev–Trinajstić information content (AvgIpc) is 2.81. The van der Waals surface area contributed by atoms with Crippen LogP contribution in [0.1, 0.15) is 29.3 Å². The monoisotopic (exact) mass is 265 g/mol. The number of halogens is 1. The molecule has 0 aliphatic rings. The molecule has 2 rings (SSSR count). The molecule has 0 saturated heterocycles. The van der Waals surface area contributed by atoms with Gasteiger partial charge in [-0.25, -0.2) is 4.79 Å². The standard InChI is InChI=1S/C13H12ClNO3/c1-8(11-6-7-12(18-11)13(16)17)15-10-4-2-9(14)3-5-10/h2-8,15H,1H3,(H,16,17). The van der Waals surface area contributed by atoms with Crippen LogP contribution in [-0.2, 0) is 0 Å². The number of nitrogens with one attached hydrogen (secondary N) is 1. The Kier molecular flexibility index (Phi) is 3.58. The zero-order chi connectivity index (χ0) is 13.1. The number of anilines is 1. The van der Waals surface area contributed by atoms with Gasteiger partial charge in [0, 0.05) is 10.7 Å². The Morgan fingerprint density at radius 3 is 2.50 bits per heavy atom. The lowest BCUT2D eigenvalue weighted by Gasteiger charge is -2.12. The Hall–Kier alpha value is -1.94. The van der Waals surface area contributed by atoms with E-state index in [1.54, 1.807) is 18.2 Å². The van der Waals surface area contributed by atoms with E-state index in [1.807, 2.05) is 19.1 Å². The Morgan fingerprint density at radius 2 is 1.94 bits per heavy atom. The average molecular weight is 266 g/mol. The molecule has 5 heteroatoms. The summed E-state index contributed by atoms with van der Waals surface area (Å²) in [6, 6.07) is 10.2. The molecule has 1 aromatic carbocycles. The molecular formula is C13H12ClNO3. The van der Waals surface area contributed by atoms with Crippen molar-refractivity contribution in [2.45, 2.75) is 13.0 Å². The van der Waals surface area contributed by atoms with E-state index >= 15 is 0 Å². The summed E-state index contributed by atoms with van der Waals surface area (Å²) in [5.74, 6) is -0.558. The molecule has 2 aromatic rings. The number of furan rings is 1. The first-order chi connectivity index (χ1) is 8.56. The number of hydrogen-bond acceptors (Lipinski definition) is 3. The molecule has 1 unspecified atom stereocenters. The molecule has 0 radical (unpaired) electrons. The second kappa shape index (κ2) is 5.14. The van der Waals surface area contributed by atoms with Crippen LogP contribution in [0.5, 0.6) is 0 Å². The van der Waals surface area contributed by atoms with Gasteiger partial charge in [0.05, 0.1) is 6.04 Å². The van der Waals surface area contributed by atoms with Gasteiger partial charge in [0.25, 0.3) is 0 Å². The van der Waals surface area contributed by atoms with Crippen molar-refractivity contribution in [2.75, 3.05) is 5.32 Å². The number of carboxylic acids is 1. The number of aromatic carboxylic acids is 1. The van der Waals surface area contributed by atoms with Gasteiger partial charge in [-0.3, -0.25) is 0 Å². The number of carboxylic acid groups (broad SMARTS) is 1. The maximum absolute atomic E-state index is 10.7. The first kappa shape index (κ1) is 12.5. The fourth-order valence-electron chi connectivity index (χ4n) is 1.57. The van der Waals surface area contributed by atoms with E-state index in [1.165, 1.54) is 6.07 Å². The molecule has 1 aromatic heterocycles. The lowest BCUT2D eigenvalue weighted by atomic mass is 10.2. The quantitative estimate of drug-likeness (QED) is 0.882. The Morgan fingerprint density at radius 1 is 1.28 bits per heavy atom. The molecule has 0 aliphatic heterocycles. The van der Waals surface area contributed by atoms with E-state index in [-0.39, 0.29) is 11.8 Å². The molecule has 1 atom stereocenters. The maximum atomic E-state index is 10.7. The summed E-state index contributed by atoms with van der Waals surface area (Å²) in [5.41, 5.74) is 0.889. The van der Waals surface area contributed by atoms with Crippen molar-refractivity contribution in [1.82, 2.24) is 0 Å². The van der Waals surface area contributed by atoms with Crippen LogP contribution in [0.2, 0.25) is 5.02 Å². The van der Waals surface area contributed by atoms with Gasteiger partial charge >= 0.3 is 5.97 Å². The van der Waals surface area contributed by atoms with E-state index < -0.39 is 5.97 Å². The maximum Gasteiger partial charge on any atom is 0.371 e. The van der Waals surface area contributed by atoms with Crippen molar-refractivity contribution in [1.29, 1.82) is 0 Å². The molecule has 0 amide bonds. The highest BCUT2D eigenvalue weighted by Gasteiger charge is 2.13. The van der Waals surface area contributed by atoms with E-state index in [0.29, 0.717) is 10.8 Å². The Balaban J connectivity index is 2.09. The van der Waals surface area contributed by atoms with Crippen molar-refractivity contribution in [3.63, 3.8) is 0 Å². The topological polar surface area (TPSA) is 62.5 Å². The lowest BCUT2D eigenvalue weighted by Crippen LogP contribution is -2.05. The van der Waals surface area contributed by atoms with E-state index in [4.69, 9.17) is 21.1 Å². The predicted molar refractivity (Wildman–Crippen MR) is 69.2 cm³/mol. The minimum absolute atomic E-state index is 0.0604. The van der Waals surface area contributed by atoms with E-state index in [2.05, 4.69) is 5.32 Å². The third-order valence-electron chi connectivity index (χ3n) is 2.49. The third-order valence-corrected chi connectivity index (χ3v) is 2.74. The molecule has 94 valence electrons. The van der Waals surface area contributed by atoms with E-state index in [9.17, 15) is 4.79 Å². The first-order valence-corrected chi connectivity index (χ1v) is 5.79. The fraction of sp³-hybridized carbons (Fsp3) is 0.154. The third kappa shape index (κ3) is 2.84. The lowest BCUT2D eigenvalue weighted by molar-refractivity contribution is 0.0660. The predicted octanol–water partition coefficient (Wildman–Crippen LogP) is 3.80. The van der Waals surface area contributed by atoms with Gasteiger partial charge in [-0.15, -0.1) is 0 Å². The molecule has 0 bridgehead atoms. The van der Waals surface area contributed by atoms with Crippen LogP contribution in [0.4, 0.5) is 5.69 Å². The van der Waals surface area contributed by atoms with Gasteiger partial charge in [-0.2, -0.15) is 0 Å². The molecule has 0 saturated carbocycles. The Labute approximate surface area is 109 Å². The number of carbonyl (C=O) groups is 1. The van der Waals surface area contributed by atoms with Crippen LogP contribution >= 0.6 is 11.6 Å². The van der Waals surface area contributed by atoms with Crippen LogP contribution in [0.3, 0.4) is 0 Å². The highest BCUT2D eigenvalue weighted by atomic mass is 35.5. The molecule has 0 fully saturated rings. The second-order valence-corrected chi connectivity index (χ2v) is 4.32. The largest absolute Gasteiger partial charge is 0.475 e. The summed E-state index contributed by atoms with van der Waals surface area (Å²) < 4.78 is 5.21. The summed E-state index contributed by atoms with van der Waals surface area (Å²) in [5, 5.41) is 12.6. The van der Waals surface area contributed by atoms with Crippen molar-refractivity contribution in [2.24, 2.45) is 0 Å². The van der Waals surface area contributed by atoms with Gasteiger partial charge in [0.15, 0.2) is 0 Å². The van der Waals surface area contributed by atoms with Crippen LogP contribution in [0, 0.1) is 0 Å². The highest BCUT2D eigenvalue weighted by Crippen LogP contribution is 2.22. The fourth-order valence-corrected chi connectivity index (χ4v) is 1.69. The summed E-state index contributed by atoms with van der Waals surface area (Å²) in [4.78, 5) is 10.7. The summed E-state index contributed by atoms with van der Waals surface area (Å²) in [6.07, 6.45) is 0. The van der Waals surface area contributed by atoms with Crippen LogP contribution < -0.4 is 5.32 Å². The Bertz CT molecular complexity index is 548. The number of benzene rings is 1. The molecule has 2 N–H and O–H groups in total. The van der Waals surface area contributed by atoms with Crippen LogP contribution in [0.15, 0.2) is 40.8 Å². The van der Waals surface area contributed by atoms with Crippen molar-refractivity contribution >= 4 is 23.3 Å². The first-order valence-electron chi connectivity index (χ1n) is 5.41. The van der Waals surface area contributed by atoms with Gasteiger partial charge in [-0.1, -0.05) is 11.6 Å². The second-order valence-electron chi connectivity index (χ2n) is 3.88. The molecule has 0 spiro atoms. The van der Waals surface area contributed by atoms with Crippen molar-refractivity contribution < 1.29 is 14.3 Å². The van der Waals surface area contributed by atoms with Gasteiger partial charge in [0.2, 0.25) is 5.76 Å².